The highest BCUT2D eigenvalue weighted by molar-refractivity contribution is 7.12. The Hall–Kier alpha value is -1.89. The number of nitrogens with zero attached hydrogens (tertiary/aromatic N) is 2. The number of rotatable bonds is 3. The standard InChI is InChI=1S/C16H20N2O4S/c1-10-8-17(9-11(10)16(21)22)14(19)12-4-2-6-18(12)15(20)13-5-3-7-23-13/h3,5,7,10-12H,2,4,6,8-9H2,1H3,(H,21,22)/t10-,11-,12+/m1/s1. The van der Waals surface area contributed by atoms with Gasteiger partial charge in [0, 0.05) is 19.6 Å². The van der Waals surface area contributed by atoms with Crippen LogP contribution in [-0.2, 0) is 9.59 Å². The summed E-state index contributed by atoms with van der Waals surface area (Å²) in [6.07, 6.45) is 1.46. The summed E-state index contributed by atoms with van der Waals surface area (Å²) >= 11 is 1.37. The highest BCUT2D eigenvalue weighted by atomic mass is 32.1. The summed E-state index contributed by atoms with van der Waals surface area (Å²) in [5, 5.41) is 11.1. The van der Waals surface area contributed by atoms with E-state index in [0.717, 1.165) is 6.42 Å². The lowest BCUT2D eigenvalue weighted by Crippen LogP contribution is -2.47. The number of hydrogen-bond acceptors (Lipinski definition) is 4. The monoisotopic (exact) mass is 336 g/mol. The van der Waals surface area contributed by atoms with Crippen molar-refractivity contribution >= 4 is 29.1 Å². The molecule has 3 atom stereocenters. The molecule has 3 rings (SSSR count). The topological polar surface area (TPSA) is 77.9 Å². The van der Waals surface area contributed by atoms with E-state index in [9.17, 15) is 19.5 Å². The first-order chi connectivity index (χ1) is 11.0. The van der Waals surface area contributed by atoms with Crippen LogP contribution in [0.4, 0.5) is 0 Å². The maximum Gasteiger partial charge on any atom is 0.308 e. The maximum absolute atomic E-state index is 12.8. The largest absolute Gasteiger partial charge is 0.481 e. The molecule has 2 aliphatic heterocycles. The molecule has 0 aliphatic carbocycles. The van der Waals surface area contributed by atoms with Crippen molar-refractivity contribution in [2.75, 3.05) is 19.6 Å². The average molecular weight is 336 g/mol. The Kier molecular flexibility index (Phi) is 4.39. The quantitative estimate of drug-likeness (QED) is 0.908. The minimum Gasteiger partial charge on any atom is -0.481 e. The number of carbonyl (C=O) groups excluding carboxylic acids is 2. The molecule has 124 valence electrons. The third-order valence-electron chi connectivity index (χ3n) is 4.77. The first-order valence-corrected chi connectivity index (χ1v) is 8.73. The van der Waals surface area contributed by atoms with Gasteiger partial charge in [-0.1, -0.05) is 13.0 Å². The second-order valence-electron chi connectivity index (χ2n) is 6.30. The van der Waals surface area contributed by atoms with Gasteiger partial charge in [0.05, 0.1) is 10.8 Å². The van der Waals surface area contributed by atoms with Gasteiger partial charge in [-0.3, -0.25) is 14.4 Å². The lowest BCUT2D eigenvalue weighted by molar-refractivity contribution is -0.142. The molecule has 0 bridgehead atoms. The zero-order valence-electron chi connectivity index (χ0n) is 13.0. The first kappa shape index (κ1) is 16.0. The fraction of sp³-hybridized carbons (Fsp3) is 0.562. The van der Waals surface area contributed by atoms with Crippen LogP contribution in [0.25, 0.3) is 0 Å². The smallest absolute Gasteiger partial charge is 0.308 e. The van der Waals surface area contributed by atoms with Crippen molar-refractivity contribution in [2.24, 2.45) is 11.8 Å². The Morgan fingerprint density at radius 2 is 2.09 bits per heavy atom. The molecular weight excluding hydrogens is 316 g/mol. The van der Waals surface area contributed by atoms with E-state index < -0.39 is 17.9 Å². The molecule has 23 heavy (non-hydrogen) atoms. The zero-order chi connectivity index (χ0) is 16.6. The van der Waals surface area contributed by atoms with Crippen molar-refractivity contribution < 1.29 is 19.5 Å². The van der Waals surface area contributed by atoms with Gasteiger partial charge < -0.3 is 14.9 Å². The van der Waals surface area contributed by atoms with Gasteiger partial charge in [-0.2, -0.15) is 0 Å². The SMILES string of the molecule is C[C@@H]1CN(C(=O)[C@@H]2CCCN2C(=O)c2cccs2)C[C@H]1C(=O)O. The van der Waals surface area contributed by atoms with Crippen LogP contribution in [-0.4, -0.2) is 58.4 Å². The van der Waals surface area contributed by atoms with Crippen molar-refractivity contribution in [3.8, 4) is 0 Å². The average Bonchev–Trinajstić information content (AvgIpc) is 3.25. The minimum absolute atomic E-state index is 0.0562. The summed E-state index contributed by atoms with van der Waals surface area (Å²) in [5.74, 6) is -1.63. The van der Waals surface area contributed by atoms with Crippen LogP contribution >= 0.6 is 11.3 Å². The van der Waals surface area contributed by atoms with E-state index >= 15 is 0 Å². The molecular formula is C16H20N2O4S. The Morgan fingerprint density at radius 1 is 1.30 bits per heavy atom. The van der Waals surface area contributed by atoms with E-state index in [1.54, 1.807) is 15.9 Å². The van der Waals surface area contributed by atoms with E-state index in [4.69, 9.17) is 0 Å². The second-order valence-corrected chi connectivity index (χ2v) is 7.25. The molecule has 0 spiro atoms. The number of thiophene rings is 1. The summed E-state index contributed by atoms with van der Waals surface area (Å²) in [6.45, 7) is 3.13. The number of carboxylic acids is 1. The maximum atomic E-state index is 12.8. The lowest BCUT2D eigenvalue weighted by atomic mass is 9.99. The molecule has 2 aliphatic rings. The van der Waals surface area contributed by atoms with Crippen LogP contribution in [0.2, 0.25) is 0 Å². The fourth-order valence-electron chi connectivity index (χ4n) is 3.49. The van der Waals surface area contributed by atoms with Crippen molar-refractivity contribution in [3.05, 3.63) is 22.4 Å². The summed E-state index contributed by atoms with van der Waals surface area (Å²) in [6, 6.07) is 3.14. The Bertz CT molecular complexity index is 616. The van der Waals surface area contributed by atoms with Crippen molar-refractivity contribution in [1.29, 1.82) is 0 Å². The summed E-state index contributed by atoms with van der Waals surface area (Å²) in [4.78, 5) is 40.5. The number of carboxylic acid groups (broad SMARTS) is 1. The van der Waals surface area contributed by atoms with Crippen molar-refractivity contribution in [2.45, 2.75) is 25.8 Å². The lowest BCUT2D eigenvalue weighted by Gasteiger charge is -2.27. The predicted octanol–water partition coefficient (Wildman–Crippen LogP) is 1.53. The molecule has 1 N–H and O–H groups in total. The number of hydrogen-bond donors (Lipinski definition) is 1. The van der Waals surface area contributed by atoms with E-state index in [-0.39, 0.29) is 24.3 Å². The Balaban J connectivity index is 1.72. The number of carbonyl (C=O) groups is 3. The molecule has 2 saturated heterocycles. The molecule has 2 amide bonds. The van der Waals surface area contributed by atoms with Crippen LogP contribution in [0.1, 0.15) is 29.4 Å². The Morgan fingerprint density at radius 3 is 2.70 bits per heavy atom. The fourth-order valence-corrected chi connectivity index (χ4v) is 4.17. The van der Waals surface area contributed by atoms with Gasteiger partial charge in [0.15, 0.2) is 0 Å². The molecule has 0 saturated carbocycles. The molecule has 0 unspecified atom stereocenters. The van der Waals surface area contributed by atoms with E-state index in [1.165, 1.54) is 11.3 Å². The highest BCUT2D eigenvalue weighted by Gasteiger charge is 2.42. The highest BCUT2D eigenvalue weighted by Crippen LogP contribution is 2.28. The van der Waals surface area contributed by atoms with Gasteiger partial charge >= 0.3 is 5.97 Å². The molecule has 7 heteroatoms. The second kappa shape index (κ2) is 6.31. The van der Waals surface area contributed by atoms with Crippen LogP contribution in [0.5, 0.6) is 0 Å². The molecule has 1 aromatic rings. The van der Waals surface area contributed by atoms with Gasteiger partial charge in [-0.25, -0.2) is 0 Å². The van der Waals surface area contributed by atoms with Gasteiger partial charge in [0.2, 0.25) is 5.91 Å². The van der Waals surface area contributed by atoms with E-state index in [0.29, 0.717) is 24.4 Å². The normalized spacial score (nSPS) is 27.4. The number of aliphatic carboxylic acids is 1. The molecule has 2 fully saturated rings. The van der Waals surface area contributed by atoms with Crippen LogP contribution < -0.4 is 0 Å². The van der Waals surface area contributed by atoms with Gasteiger partial charge in [-0.15, -0.1) is 11.3 Å². The van der Waals surface area contributed by atoms with E-state index in [2.05, 4.69) is 0 Å². The third kappa shape index (κ3) is 2.97. The van der Waals surface area contributed by atoms with Crippen LogP contribution in [0.15, 0.2) is 17.5 Å². The minimum atomic E-state index is -0.856. The van der Waals surface area contributed by atoms with Crippen LogP contribution in [0, 0.1) is 11.8 Å². The van der Waals surface area contributed by atoms with E-state index in [1.807, 2.05) is 18.4 Å². The third-order valence-corrected chi connectivity index (χ3v) is 5.63. The summed E-state index contributed by atoms with van der Waals surface area (Å²) in [7, 11) is 0. The number of amides is 2. The zero-order valence-corrected chi connectivity index (χ0v) is 13.8. The van der Waals surface area contributed by atoms with Gasteiger partial charge in [0.25, 0.3) is 5.91 Å². The van der Waals surface area contributed by atoms with Gasteiger partial charge in [-0.05, 0) is 30.2 Å². The first-order valence-electron chi connectivity index (χ1n) is 7.85. The Labute approximate surface area is 138 Å². The van der Waals surface area contributed by atoms with Crippen molar-refractivity contribution in [3.63, 3.8) is 0 Å². The predicted molar refractivity (Wildman–Crippen MR) is 85.2 cm³/mol. The summed E-state index contributed by atoms with van der Waals surface area (Å²) in [5.41, 5.74) is 0. The van der Waals surface area contributed by atoms with Gasteiger partial charge in [0.1, 0.15) is 6.04 Å². The van der Waals surface area contributed by atoms with Crippen LogP contribution in [0.3, 0.4) is 0 Å². The molecule has 0 radical (unpaired) electrons. The van der Waals surface area contributed by atoms with Crippen molar-refractivity contribution in [1.82, 2.24) is 9.80 Å². The molecule has 6 nitrogen and oxygen atoms in total. The molecule has 0 aromatic carbocycles. The number of likely N-dealkylation sites (tertiary alicyclic amines) is 2. The molecule has 3 heterocycles. The molecule has 1 aromatic heterocycles. The summed E-state index contributed by atoms with van der Waals surface area (Å²) < 4.78 is 0.